The van der Waals surface area contributed by atoms with E-state index in [9.17, 15) is 4.79 Å². The summed E-state index contributed by atoms with van der Waals surface area (Å²) in [4.78, 5) is 27.1. The van der Waals surface area contributed by atoms with Crippen LogP contribution in [0.4, 0.5) is 0 Å². The van der Waals surface area contributed by atoms with Crippen molar-refractivity contribution in [1.29, 1.82) is 0 Å². The second kappa shape index (κ2) is 7.74. The van der Waals surface area contributed by atoms with Gasteiger partial charge in [0.1, 0.15) is 5.75 Å². The van der Waals surface area contributed by atoms with Gasteiger partial charge >= 0.3 is 0 Å². The molecule has 3 rings (SSSR count). The Morgan fingerprint density at radius 1 is 1.12 bits per heavy atom. The van der Waals surface area contributed by atoms with Crippen LogP contribution in [0.1, 0.15) is 28.9 Å². The number of nitrogens with zero attached hydrogens (tertiary/aromatic N) is 4. The first-order valence-electron chi connectivity index (χ1n) is 8.23. The van der Waals surface area contributed by atoms with Crippen LogP contribution in [0.2, 0.25) is 0 Å². The summed E-state index contributed by atoms with van der Waals surface area (Å²) in [5, 5.41) is 0. The fourth-order valence-electron chi connectivity index (χ4n) is 2.59. The van der Waals surface area contributed by atoms with Gasteiger partial charge in [-0.2, -0.15) is 0 Å². The molecule has 0 spiro atoms. The van der Waals surface area contributed by atoms with E-state index in [2.05, 4.69) is 15.0 Å². The molecule has 2 aromatic heterocycles. The van der Waals surface area contributed by atoms with E-state index >= 15 is 0 Å². The molecule has 0 radical (unpaired) electrons. The molecule has 6 heteroatoms. The van der Waals surface area contributed by atoms with Crippen molar-refractivity contribution in [3.8, 4) is 17.1 Å². The summed E-state index contributed by atoms with van der Waals surface area (Å²) in [6.45, 7) is 1.97. The average molecular weight is 348 g/mol. The highest BCUT2D eigenvalue weighted by molar-refractivity contribution is 5.93. The second-order valence-corrected chi connectivity index (χ2v) is 5.91. The van der Waals surface area contributed by atoms with Gasteiger partial charge in [0.2, 0.25) is 0 Å². The van der Waals surface area contributed by atoms with Crippen LogP contribution < -0.4 is 4.74 Å². The number of rotatable bonds is 5. The van der Waals surface area contributed by atoms with Gasteiger partial charge in [-0.15, -0.1) is 0 Å². The van der Waals surface area contributed by atoms with Gasteiger partial charge in [-0.05, 0) is 36.8 Å². The maximum absolute atomic E-state index is 12.8. The molecule has 0 saturated carbocycles. The molecule has 0 fully saturated rings. The molecule has 0 saturated heterocycles. The maximum atomic E-state index is 12.8. The second-order valence-electron chi connectivity index (χ2n) is 5.91. The summed E-state index contributed by atoms with van der Waals surface area (Å²) < 4.78 is 5.26. The van der Waals surface area contributed by atoms with Gasteiger partial charge in [-0.1, -0.05) is 12.1 Å². The molecule has 1 amide bonds. The minimum atomic E-state index is -0.141. The summed E-state index contributed by atoms with van der Waals surface area (Å²) in [5.74, 6) is 1.16. The molecule has 0 aliphatic rings. The summed E-state index contributed by atoms with van der Waals surface area (Å²) in [7, 11) is 3.39. The van der Waals surface area contributed by atoms with Crippen LogP contribution in [-0.4, -0.2) is 39.9 Å². The highest BCUT2D eigenvalue weighted by Gasteiger charge is 2.20. The third kappa shape index (κ3) is 3.69. The molecule has 0 bridgehead atoms. The van der Waals surface area contributed by atoms with E-state index in [0.29, 0.717) is 11.4 Å². The molecule has 0 unspecified atom stereocenters. The Hall–Kier alpha value is -3.28. The van der Waals surface area contributed by atoms with Crippen molar-refractivity contribution in [3.05, 3.63) is 72.3 Å². The van der Waals surface area contributed by atoms with Gasteiger partial charge in [-0.25, -0.2) is 9.97 Å². The lowest BCUT2D eigenvalue weighted by molar-refractivity contribution is 0.0741. The number of methoxy groups -OCH3 is 1. The molecular weight excluding hydrogens is 328 g/mol. The van der Waals surface area contributed by atoms with Crippen molar-refractivity contribution < 1.29 is 9.53 Å². The van der Waals surface area contributed by atoms with E-state index in [0.717, 1.165) is 16.9 Å². The molecule has 26 heavy (non-hydrogen) atoms. The smallest absolute Gasteiger partial charge is 0.257 e. The van der Waals surface area contributed by atoms with E-state index in [4.69, 9.17) is 4.74 Å². The van der Waals surface area contributed by atoms with Crippen LogP contribution >= 0.6 is 0 Å². The lowest BCUT2D eigenvalue weighted by Gasteiger charge is -2.25. The zero-order valence-electron chi connectivity index (χ0n) is 15.0. The number of carbonyl (C=O) groups is 1. The number of hydrogen-bond acceptors (Lipinski definition) is 5. The summed E-state index contributed by atoms with van der Waals surface area (Å²) in [6, 6.07) is 11.3. The van der Waals surface area contributed by atoms with Crippen molar-refractivity contribution >= 4 is 5.91 Å². The van der Waals surface area contributed by atoms with Gasteiger partial charge < -0.3 is 9.64 Å². The van der Waals surface area contributed by atoms with Gasteiger partial charge in [0.15, 0.2) is 5.82 Å². The number of pyridine rings is 1. The topological polar surface area (TPSA) is 68.2 Å². The van der Waals surface area contributed by atoms with E-state index in [1.54, 1.807) is 43.8 Å². The molecule has 0 N–H and O–H groups in total. The van der Waals surface area contributed by atoms with Crippen molar-refractivity contribution in [2.24, 2.45) is 0 Å². The summed E-state index contributed by atoms with van der Waals surface area (Å²) in [6.07, 6.45) is 6.48. The Labute approximate surface area is 152 Å². The average Bonchev–Trinajstić information content (AvgIpc) is 2.73. The zero-order chi connectivity index (χ0) is 18.5. The first kappa shape index (κ1) is 17.5. The lowest BCUT2D eigenvalue weighted by atomic mass is 10.1. The number of amides is 1. The first-order valence-corrected chi connectivity index (χ1v) is 8.23. The van der Waals surface area contributed by atoms with Crippen LogP contribution in [0.25, 0.3) is 11.4 Å². The van der Waals surface area contributed by atoms with Crippen LogP contribution in [0.5, 0.6) is 5.75 Å². The Morgan fingerprint density at radius 2 is 1.88 bits per heavy atom. The van der Waals surface area contributed by atoms with E-state index in [1.807, 2.05) is 43.3 Å². The standard InChI is InChI=1S/C20H20N4O2/c1-14(15-6-4-8-18(10-15)26-3)24(2)20(25)17-12-22-19(23-13-17)16-7-5-9-21-11-16/h4-14H,1-3H3/t14-/m1/s1. The molecule has 6 nitrogen and oxygen atoms in total. The fourth-order valence-corrected chi connectivity index (χ4v) is 2.59. The van der Waals surface area contributed by atoms with Crippen molar-refractivity contribution in [3.63, 3.8) is 0 Å². The van der Waals surface area contributed by atoms with E-state index in [1.165, 1.54) is 0 Å². The van der Waals surface area contributed by atoms with Crippen LogP contribution in [-0.2, 0) is 0 Å². The Morgan fingerprint density at radius 3 is 2.54 bits per heavy atom. The fraction of sp³-hybridized carbons (Fsp3) is 0.200. The van der Waals surface area contributed by atoms with Crippen LogP contribution in [0, 0.1) is 0 Å². The monoisotopic (exact) mass is 348 g/mol. The van der Waals surface area contributed by atoms with Gasteiger partial charge in [0.25, 0.3) is 5.91 Å². The van der Waals surface area contributed by atoms with Gasteiger partial charge in [0, 0.05) is 37.4 Å². The highest BCUT2D eigenvalue weighted by Crippen LogP contribution is 2.24. The highest BCUT2D eigenvalue weighted by atomic mass is 16.5. The normalized spacial score (nSPS) is 11.7. The molecule has 1 aromatic carbocycles. The lowest BCUT2D eigenvalue weighted by Crippen LogP contribution is -2.29. The van der Waals surface area contributed by atoms with E-state index in [-0.39, 0.29) is 11.9 Å². The van der Waals surface area contributed by atoms with Crippen molar-refractivity contribution in [1.82, 2.24) is 19.9 Å². The van der Waals surface area contributed by atoms with Crippen molar-refractivity contribution in [2.75, 3.05) is 14.2 Å². The maximum Gasteiger partial charge on any atom is 0.257 e. The molecule has 0 aliphatic carbocycles. The minimum absolute atomic E-state index is 0.115. The van der Waals surface area contributed by atoms with Crippen LogP contribution in [0.3, 0.4) is 0 Å². The minimum Gasteiger partial charge on any atom is -0.497 e. The number of benzene rings is 1. The van der Waals surface area contributed by atoms with Crippen LogP contribution in [0.15, 0.2) is 61.2 Å². The predicted molar refractivity (Wildman–Crippen MR) is 98.8 cm³/mol. The molecule has 3 aromatic rings. The molecule has 0 aliphatic heterocycles. The molecule has 1 atom stereocenters. The Kier molecular flexibility index (Phi) is 5.22. The molecule has 132 valence electrons. The quantitative estimate of drug-likeness (QED) is 0.707. The third-order valence-corrected chi connectivity index (χ3v) is 4.30. The first-order chi connectivity index (χ1) is 12.6. The zero-order valence-corrected chi connectivity index (χ0v) is 15.0. The Balaban J connectivity index is 1.77. The largest absolute Gasteiger partial charge is 0.497 e. The van der Waals surface area contributed by atoms with Gasteiger partial charge in [-0.3, -0.25) is 9.78 Å². The van der Waals surface area contributed by atoms with Gasteiger partial charge in [0.05, 0.1) is 18.7 Å². The summed E-state index contributed by atoms with van der Waals surface area (Å²) >= 11 is 0. The molecular formula is C20H20N4O2. The third-order valence-electron chi connectivity index (χ3n) is 4.30. The predicted octanol–water partition coefficient (Wildman–Crippen LogP) is 3.38. The molecule has 2 heterocycles. The van der Waals surface area contributed by atoms with Crippen molar-refractivity contribution in [2.45, 2.75) is 13.0 Å². The number of aromatic nitrogens is 3. The number of ether oxygens (including phenoxy) is 1. The number of carbonyl (C=O) groups excluding carboxylic acids is 1. The SMILES string of the molecule is COc1cccc([C@@H](C)N(C)C(=O)c2cnc(-c3cccnc3)nc2)c1. The Bertz CT molecular complexity index is 882. The summed E-state index contributed by atoms with van der Waals surface area (Å²) in [5.41, 5.74) is 2.24. The number of hydrogen-bond donors (Lipinski definition) is 0. The van der Waals surface area contributed by atoms with E-state index < -0.39 is 0 Å².